The van der Waals surface area contributed by atoms with Gasteiger partial charge in [-0.2, -0.15) is 0 Å². The van der Waals surface area contributed by atoms with Crippen LogP contribution in [0.4, 0.5) is 8.78 Å². The SMILES string of the molecule is CSc1cc(C)[nH]c(=O)c1CNC(=O)c1cc(Cl)cc2c1C(C)OC(C)(C1CCC(N(C)C3CC(F)(F)C3)CC1)O2. The summed E-state index contributed by atoms with van der Waals surface area (Å²) in [5, 5.41) is 3.24. The lowest BCUT2D eigenvalue weighted by Gasteiger charge is -2.49. The minimum Gasteiger partial charge on any atom is -0.462 e. The van der Waals surface area contributed by atoms with Crippen LogP contribution in [-0.4, -0.2) is 52.9 Å². The number of ether oxygens (including phenoxy) is 2. The van der Waals surface area contributed by atoms with Crippen LogP contribution in [-0.2, 0) is 11.3 Å². The topological polar surface area (TPSA) is 83.7 Å². The maximum Gasteiger partial charge on any atom is 0.254 e. The van der Waals surface area contributed by atoms with Crippen molar-refractivity contribution in [3.8, 4) is 5.75 Å². The van der Waals surface area contributed by atoms with Crippen molar-refractivity contribution in [3.05, 3.63) is 56.0 Å². The molecule has 2 aromatic rings. The molecule has 11 heteroatoms. The number of pyridine rings is 1. The molecule has 1 amide bonds. The summed E-state index contributed by atoms with van der Waals surface area (Å²) in [6.07, 6.45) is 4.78. The van der Waals surface area contributed by atoms with E-state index in [1.807, 2.05) is 40.1 Å². The molecular weight excluding hydrogens is 572 g/mol. The Bertz CT molecular complexity index is 1370. The number of aryl methyl sites for hydroxylation is 1. The molecule has 0 radical (unpaired) electrons. The number of amides is 1. The Hall–Kier alpha value is -2.14. The number of fused-ring (bicyclic) bond motifs is 1. The smallest absolute Gasteiger partial charge is 0.254 e. The monoisotopic (exact) mass is 609 g/mol. The van der Waals surface area contributed by atoms with Crippen molar-refractivity contribution in [2.45, 2.75) is 101 Å². The first-order chi connectivity index (χ1) is 19.3. The van der Waals surface area contributed by atoms with Gasteiger partial charge >= 0.3 is 0 Å². The van der Waals surface area contributed by atoms with E-state index in [1.54, 1.807) is 12.1 Å². The zero-order valence-corrected chi connectivity index (χ0v) is 25.7. The minimum atomic E-state index is -2.52. The molecule has 2 atom stereocenters. The average molecular weight is 610 g/mol. The van der Waals surface area contributed by atoms with Crippen molar-refractivity contribution >= 4 is 29.3 Å². The Balaban J connectivity index is 1.29. The van der Waals surface area contributed by atoms with Gasteiger partial charge in [-0.25, -0.2) is 8.78 Å². The highest BCUT2D eigenvalue weighted by Gasteiger charge is 2.50. The molecule has 41 heavy (non-hydrogen) atoms. The molecule has 2 heterocycles. The lowest BCUT2D eigenvalue weighted by atomic mass is 9.78. The standard InChI is InChI=1S/C30H38ClF2N3O4S/c1-16-10-25(41-5)23(28(38)35-16)15-34-27(37)22-11-19(31)12-24-26(22)17(2)39-29(3,40-24)18-6-8-20(9-7-18)36(4)21-13-30(32,33)14-21/h10-12,17-18,20-21H,6-9,13-15H2,1-5H3,(H,34,37)(H,35,38). The number of aromatic nitrogens is 1. The fourth-order valence-corrected chi connectivity index (χ4v) is 7.55. The Morgan fingerprint density at radius 2 is 1.88 bits per heavy atom. The van der Waals surface area contributed by atoms with Gasteiger partial charge in [0.05, 0.1) is 11.7 Å². The van der Waals surface area contributed by atoms with Crippen LogP contribution >= 0.6 is 23.4 Å². The van der Waals surface area contributed by atoms with Crippen molar-refractivity contribution in [2.24, 2.45) is 5.92 Å². The Morgan fingerprint density at radius 3 is 2.51 bits per heavy atom. The molecule has 2 aliphatic carbocycles. The van der Waals surface area contributed by atoms with Gasteiger partial charge in [0.15, 0.2) is 0 Å². The van der Waals surface area contributed by atoms with Crippen molar-refractivity contribution in [1.29, 1.82) is 0 Å². The lowest BCUT2D eigenvalue weighted by molar-refractivity contribution is -0.250. The second-order valence-corrected chi connectivity index (χ2v) is 13.1. The number of carbonyl (C=O) groups excluding carboxylic acids is 1. The molecule has 224 valence electrons. The van der Waals surface area contributed by atoms with E-state index in [0.29, 0.717) is 27.5 Å². The van der Waals surface area contributed by atoms with Crippen LogP contribution in [0.1, 0.15) is 85.7 Å². The summed E-state index contributed by atoms with van der Waals surface area (Å²) >= 11 is 7.92. The van der Waals surface area contributed by atoms with Crippen LogP contribution in [0.5, 0.6) is 5.75 Å². The predicted molar refractivity (Wildman–Crippen MR) is 156 cm³/mol. The quantitative estimate of drug-likeness (QED) is 0.351. The van der Waals surface area contributed by atoms with E-state index in [0.717, 1.165) is 36.3 Å². The van der Waals surface area contributed by atoms with Crippen molar-refractivity contribution in [1.82, 2.24) is 15.2 Å². The summed E-state index contributed by atoms with van der Waals surface area (Å²) in [4.78, 5) is 31.7. The maximum atomic E-state index is 13.4. The number of halogens is 3. The molecule has 2 unspecified atom stereocenters. The fourth-order valence-electron chi connectivity index (χ4n) is 6.64. The van der Waals surface area contributed by atoms with E-state index >= 15 is 0 Å². The van der Waals surface area contributed by atoms with Gasteiger partial charge in [0, 0.05) is 71.1 Å². The molecule has 1 aromatic heterocycles. The number of thioether (sulfide) groups is 1. The highest BCUT2D eigenvalue weighted by molar-refractivity contribution is 7.98. The van der Waals surface area contributed by atoms with E-state index in [2.05, 4.69) is 15.2 Å². The summed E-state index contributed by atoms with van der Waals surface area (Å²) in [5.74, 6) is -3.20. The van der Waals surface area contributed by atoms with E-state index < -0.39 is 17.8 Å². The first kappa shape index (κ1) is 30.3. The van der Waals surface area contributed by atoms with Gasteiger partial charge in [0.1, 0.15) is 5.75 Å². The van der Waals surface area contributed by atoms with Crippen molar-refractivity contribution in [3.63, 3.8) is 0 Å². The van der Waals surface area contributed by atoms with E-state index in [4.69, 9.17) is 21.1 Å². The number of alkyl halides is 2. The number of nitrogens with one attached hydrogen (secondary N) is 2. The number of hydrogen-bond donors (Lipinski definition) is 2. The highest BCUT2D eigenvalue weighted by Crippen LogP contribution is 2.48. The summed E-state index contributed by atoms with van der Waals surface area (Å²) < 4.78 is 39.8. The van der Waals surface area contributed by atoms with E-state index in [1.165, 1.54) is 11.8 Å². The second kappa shape index (κ2) is 11.5. The Kier molecular flexibility index (Phi) is 8.51. The third-order valence-corrected chi connectivity index (χ3v) is 10.0. The van der Waals surface area contributed by atoms with Crippen LogP contribution < -0.4 is 15.6 Å². The van der Waals surface area contributed by atoms with Crippen molar-refractivity contribution in [2.75, 3.05) is 13.3 Å². The third kappa shape index (κ3) is 6.17. The van der Waals surface area contributed by atoms with Crippen LogP contribution in [0.15, 0.2) is 27.9 Å². The first-order valence-electron chi connectivity index (χ1n) is 14.1. The molecule has 2 saturated carbocycles. The molecule has 3 aliphatic rings. The third-order valence-electron chi connectivity index (χ3n) is 9.02. The van der Waals surface area contributed by atoms with Gasteiger partial charge < -0.3 is 24.7 Å². The van der Waals surface area contributed by atoms with Crippen molar-refractivity contribution < 1.29 is 23.0 Å². The van der Waals surface area contributed by atoms with E-state index in [9.17, 15) is 18.4 Å². The number of nitrogens with zero attached hydrogens (tertiary/aromatic N) is 1. The van der Waals surface area contributed by atoms with Crippen LogP contribution in [0, 0.1) is 12.8 Å². The number of hydrogen-bond acceptors (Lipinski definition) is 6. The molecule has 0 saturated heterocycles. The molecule has 0 bridgehead atoms. The molecule has 1 aliphatic heterocycles. The Labute approximate surface area is 248 Å². The molecule has 7 nitrogen and oxygen atoms in total. The molecule has 0 spiro atoms. The average Bonchev–Trinajstić information content (AvgIpc) is 2.89. The van der Waals surface area contributed by atoms with Gasteiger partial charge in [0.2, 0.25) is 5.79 Å². The van der Waals surface area contributed by atoms with Gasteiger partial charge in [-0.1, -0.05) is 11.6 Å². The molecule has 2 fully saturated rings. The Morgan fingerprint density at radius 1 is 1.20 bits per heavy atom. The van der Waals surface area contributed by atoms with Gasteiger partial charge in [-0.15, -0.1) is 11.8 Å². The predicted octanol–water partition coefficient (Wildman–Crippen LogP) is 6.46. The lowest BCUT2D eigenvalue weighted by Crippen LogP contribution is -2.54. The molecular formula is C30H38ClF2N3O4S. The molecule has 1 aromatic carbocycles. The zero-order chi connectivity index (χ0) is 29.7. The first-order valence-corrected chi connectivity index (χ1v) is 15.8. The number of H-pyrrole nitrogens is 1. The number of rotatable bonds is 7. The van der Waals surface area contributed by atoms with Crippen LogP contribution in [0.3, 0.4) is 0 Å². The van der Waals surface area contributed by atoms with Gasteiger partial charge in [-0.3, -0.25) is 9.59 Å². The highest BCUT2D eigenvalue weighted by atomic mass is 35.5. The number of carbonyl (C=O) groups is 1. The minimum absolute atomic E-state index is 0.0559. The maximum absolute atomic E-state index is 13.4. The molecule has 5 rings (SSSR count). The zero-order valence-electron chi connectivity index (χ0n) is 24.1. The number of aromatic amines is 1. The van der Waals surface area contributed by atoms with E-state index in [-0.39, 0.29) is 48.9 Å². The van der Waals surface area contributed by atoms with Crippen LogP contribution in [0.2, 0.25) is 5.02 Å². The van der Waals surface area contributed by atoms with Gasteiger partial charge in [0.25, 0.3) is 17.4 Å². The largest absolute Gasteiger partial charge is 0.462 e. The fraction of sp³-hybridized carbons (Fsp3) is 0.600. The van der Waals surface area contributed by atoms with Crippen LogP contribution in [0.25, 0.3) is 0 Å². The summed E-state index contributed by atoms with van der Waals surface area (Å²) in [6, 6.07) is 5.41. The number of benzene rings is 1. The molecule has 2 N–H and O–H groups in total. The normalized spacial score (nSPS) is 27.6. The summed E-state index contributed by atoms with van der Waals surface area (Å²) in [5.41, 5.74) is 1.98. The summed E-state index contributed by atoms with van der Waals surface area (Å²) in [6.45, 7) is 5.72. The second-order valence-electron chi connectivity index (χ2n) is 11.8. The summed E-state index contributed by atoms with van der Waals surface area (Å²) in [7, 11) is 1.96. The van der Waals surface area contributed by atoms with Gasteiger partial charge in [-0.05, 0) is 71.0 Å².